The molecule has 1 unspecified atom stereocenters. The summed E-state index contributed by atoms with van der Waals surface area (Å²) in [5, 5.41) is 0. The molecule has 4 heteroatoms. The fourth-order valence-corrected chi connectivity index (χ4v) is 3.37. The van der Waals surface area contributed by atoms with Crippen molar-refractivity contribution < 1.29 is 14.3 Å². The van der Waals surface area contributed by atoms with Crippen LogP contribution in [0.25, 0.3) is 0 Å². The molecule has 0 aromatic heterocycles. The Kier molecular flexibility index (Phi) is 5.22. The van der Waals surface area contributed by atoms with E-state index in [9.17, 15) is 4.79 Å². The molecule has 0 bridgehead atoms. The maximum Gasteiger partial charge on any atom is 0.307 e. The summed E-state index contributed by atoms with van der Waals surface area (Å²) in [6, 6.07) is 0. The van der Waals surface area contributed by atoms with Crippen molar-refractivity contribution in [3.8, 4) is 0 Å². The molecular formula is C15H27NO3. The van der Waals surface area contributed by atoms with Crippen molar-refractivity contribution in [2.75, 3.05) is 26.7 Å². The molecule has 0 radical (unpaired) electrons. The van der Waals surface area contributed by atoms with Crippen LogP contribution >= 0.6 is 0 Å². The molecule has 110 valence electrons. The van der Waals surface area contributed by atoms with E-state index in [1.807, 2.05) is 6.92 Å². The lowest BCUT2D eigenvalue weighted by molar-refractivity contribution is -0.143. The quantitative estimate of drug-likeness (QED) is 0.694. The third kappa shape index (κ3) is 4.18. The van der Waals surface area contributed by atoms with E-state index in [1.165, 1.54) is 38.5 Å². The highest BCUT2D eigenvalue weighted by molar-refractivity contribution is 5.69. The van der Waals surface area contributed by atoms with E-state index in [0.29, 0.717) is 19.1 Å². The molecule has 1 saturated heterocycles. The maximum absolute atomic E-state index is 11.3. The predicted octanol–water partition coefficient (Wildman–Crippen LogP) is 2.36. The van der Waals surface area contributed by atoms with E-state index in [-0.39, 0.29) is 11.6 Å². The van der Waals surface area contributed by atoms with E-state index in [4.69, 9.17) is 9.47 Å². The summed E-state index contributed by atoms with van der Waals surface area (Å²) in [4.78, 5) is 13.5. The second-order valence-corrected chi connectivity index (χ2v) is 5.99. The minimum Gasteiger partial charge on any atom is -0.466 e. The van der Waals surface area contributed by atoms with Gasteiger partial charge in [-0.05, 0) is 39.7 Å². The molecule has 0 aromatic rings. The summed E-state index contributed by atoms with van der Waals surface area (Å²) in [5.41, 5.74) is 0.215. The van der Waals surface area contributed by atoms with E-state index < -0.39 is 0 Å². The van der Waals surface area contributed by atoms with Crippen molar-refractivity contribution in [1.29, 1.82) is 0 Å². The largest absolute Gasteiger partial charge is 0.466 e. The summed E-state index contributed by atoms with van der Waals surface area (Å²) < 4.78 is 11.2. The molecular weight excluding hydrogens is 242 g/mol. The van der Waals surface area contributed by atoms with E-state index >= 15 is 0 Å². The van der Waals surface area contributed by atoms with Crippen LogP contribution in [0.1, 0.15) is 51.9 Å². The molecule has 1 aliphatic carbocycles. The monoisotopic (exact) mass is 269 g/mol. The molecule has 19 heavy (non-hydrogen) atoms. The number of likely N-dealkylation sites (N-methyl/N-ethyl adjacent to an activating group) is 1. The molecule has 2 aliphatic rings. The lowest BCUT2D eigenvalue weighted by atomic mass is 9.98. The zero-order valence-corrected chi connectivity index (χ0v) is 12.3. The van der Waals surface area contributed by atoms with Gasteiger partial charge in [0.15, 0.2) is 0 Å². The smallest absolute Gasteiger partial charge is 0.307 e. The predicted molar refractivity (Wildman–Crippen MR) is 74.1 cm³/mol. The lowest BCUT2D eigenvalue weighted by Gasteiger charge is -2.26. The van der Waals surface area contributed by atoms with Crippen molar-refractivity contribution >= 4 is 5.97 Å². The molecule has 1 atom stereocenters. The van der Waals surface area contributed by atoms with Gasteiger partial charge in [-0.1, -0.05) is 12.8 Å². The van der Waals surface area contributed by atoms with Crippen molar-refractivity contribution in [1.82, 2.24) is 4.90 Å². The number of hydrogen-bond acceptors (Lipinski definition) is 4. The van der Waals surface area contributed by atoms with Crippen LogP contribution in [0.2, 0.25) is 0 Å². The molecule has 2 rings (SSSR count). The van der Waals surface area contributed by atoms with Crippen molar-refractivity contribution in [3.63, 3.8) is 0 Å². The van der Waals surface area contributed by atoms with Gasteiger partial charge in [0.25, 0.3) is 0 Å². The number of nitrogens with zero attached hydrogens (tertiary/aromatic N) is 1. The minimum atomic E-state index is -0.103. The van der Waals surface area contributed by atoms with Crippen LogP contribution < -0.4 is 0 Å². The van der Waals surface area contributed by atoms with Crippen LogP contribution in [-0.2, 0) is 14.3 Å². The molecule has 1 aliphatic heterocycles. The number of carbonyl (C=O) groups excluding carboxylic acids is 1. The van der Waals surface area contributed by atoms with E-state index in [2.05, 4.69) is 11.9 Å². The lowest BCUT2D eigenvalue weighted by Crippen LogP contribution is -2.33. The number of carbonyl (C=O) groups is 1. The average Bonchev–Trinajstić information content (AvgIpc) is 2.98. The summed E-state index contributed by atoms with van der Waals surface area (Å²) in [5.74, 6) is -0.103. The number of hydrogen-bond donors (Lipinski definition) is 0. The summed E-state index contributed by atoms with van der Waals surface area (Å²) in [6.45, 7) is 4.00. The maximum atomic E-state index is 11.3. The molecule has 1 spiro atoms. The van der Waals surface area contributed by atoms with Gasteiger partial charge in [0, 0.05) is 13.1 Å². The van der Waals surface area contributed by atoms with Gasteiger partial charge < -0.3 is 14.4 Å². The molecule has 1 saturated carbocycles. The summed E-state index contributed by atoms with van der Waals surface area (Å²) in [6.07, 6.45) is 8.36. The Bertz CT molecular complexity index is 300. The minimum absolute atomic E-state index is 0.103. The first kappa shape index (κ1) is 14.8. The normalized spacial score (nSPS) is 25.3. The molecule has 0 amide bonds. The van der Waals surface area contributed by atoms with Gasteiger partial charge in [0.05, 0.1) is 24.7 Å². The van der Waals surface area contributed by atoms with Gasteiger partial charge in [-0.3, -0.25) is 4.79 Å². The Labute approximate surface area is 116 Å². The Morgan fingerprint density at radius 3 is 2.79 bits per heavy atom. The Hall–Kier alpha value is -0.610. The molecule has 0 N–H and O–H groups in total. The van der Waals surface area contributed by atoms with Crippen LogP contribution in [0.4, 0.5) is 0 Å². The first-order valence-corrected chi connectivity index (χ1v) is 7.65. The van der Waals surface area contributed by atoms with Crippen LogP contribution in [0.3, 0.4) is 0 Å². The van der Waals surface area contributed by atoms with E-state index in [1.54, 1.807) is 0 Å². The molecule has 0 aromatic carbocycles. The topological polar surface area (TPSA) is 38.8 Å². The Balaban J connectivity index is 1.66. The van der Waals surface area contributed by atoms with E-state index in [0.717, 1.165) is 13.1 Å². The van der Waals surface area contributed by atoms with Gasteiger partial charge in [-0.25, -0.2) is 0 Å². The van der Waals surface area contributed by atoms with Crippen LogP contribution in [0.5, 0.6) is 0 Å². The van der Waals surface area contributed by atoms with Gasteiger partial charge >= 0.3 is 5.97 Å². The standard InChI is InChI=1S/C15H27NO3/c1-3-18-14(17)7-11-16(2)12-13-6-10-15(19-13)8-4-5-9-15/h13H,3-12H2,1-2H3. The highest BCUT2D eigenvalue weighted by atomic mass is 16.5. The van der Waals surface area contributed by atoms with Gasteiger partial charge in [-0.2, -0.15) is 0 Å². The van der Waals surface area contributed by atoms with Crippen LogP contribution in [0.15, 0.2) is 0 Å². The fourth-order valence-electron chi connectivity index (χ4n) is 3.37. The van der Waals surface area contributed by atoms with Crippen molar-refractivity contribution in [3.05, 3.63) is 0 Å². The fraction of sp³-hybridized carbons (Fsp3) is 0.933. The van der Waals surface area contributed by atoms with Gasteiger partial charge in [0.2, 0.25) is 0 Å². The molecule has 4 nitrogen and oxygen atoms in total. The highest BCUT2D eigenvalue weighted by Gasteiger charge is 2.42. The third-order valence-corrected chi connectivity index (χ3v) is 4.37. The van der Waals surface area contributed by atoms with Crippen molar-refractivity contribution in [2.24, 2.45) is 0 Å². The second-order valence-electron chi connectivity index (χ2n) is 5.99. The highest BCUT2D eigenvalue weighted by Crippen LogP contribution is 2.43. The number of esters is 1. The molecule has 2 fully saturated rings. The van der Waals surface area contributed by atoms with Crippen LogP contribution in [0, 0.1) is 0 Å². The first-order chi connectivity index (χ1) is 9.13. The summed E-state index contributed by atoms with van der Waals surface area (Å²) in [7, 11) is 2.06. The zero-order valence-electron chi connectivity index (χ0n) is 12.3. The number of rotatable bonds is 6. The van der Waals surface area contributed by atoms with Gasteiger partial charge in [0.1, 0.15) is 0 Å². The second kappa shape index (κ2) is 6.71. The Morgan fingerprint density at radius 1 is 1.37 bits per heavy atom. The van der Waals surface area contributed by atoms with Crippen LogP contribution in [-0.4, -0.2) is 49.3 Å². The SMILES string of the molecule is CCOC(=O)CCN(C)CC1CCC2(CCCC2)O1. The third-order valence-electron chi connectivity index (χ3n) is 4.37. The van der Waals surface area contributed by atoms with Crippen molar-refractivity contribution in [2.45, 2.75) is 63.6 Å². The molecule has 1 heterocycles. The van der Waals surface area contributed by atoms with Gasteiger partial charge in [-0.15, -0.1) is 0 Å². The average molecular weight is 269 g/mol. The number of ether oxygens (including phenoxy) is 2. The summed E-state index contributed by atoms with van der Waals surface area (Å²) >= 11 is 0. The Morgan fingerprint density at radius 2 is 2.11 bits per heavy atom. The first-order valence-electron chi connectivity index (χ1n) is 7.65. The zero-order chi connectivity index (χ0) is 13.7.